The van der Waals surface area contributed by atoms with Gasteiger partial charge < -0.3 is 10.0 Å². The van der Waals surface area contributed by atoms with E-state index in [1.54, 1.807) is 0 Å². The Balaban J connectivity index is 2.07. The van der Waals surface area contributed by atoms with Crippen LogP contribution in [0.2, 0.25) is 0 Å². The number of piperidine rings is 1. The minimum atomic E-state index is -0.696. The van der Waals surface area contributed by atoms with Crippen molar-refractivity contribution >= 4 is 0 Å². The van der Waals surface area contributed by atoms with Gasteiger partial charge in [-0.05, 0) is 37.9 Å². The second-order valence-corrected chi connectivity index (χ2v) is 5.91. The van der Waals surface area contributed by atoms with Gasteiger partial charge in [0.25, 0.3) is 0 Å². The van der Waals surface area contributed by atoms with Crippen molar-refractivity contribution in [3.8, 4) is 0 Å². The fraction of sp³-hybridized carbons (Fsp3) is 0.647. The van der Waals surface area contributed by atoms with Crippen LogP contribution in [0.1, 0.15) is 45.1 Å². The molecular weight excluding hydrogens is 234 g/mol. The number of likely N-dealkylation sites (tertiary alicyclic amines) is 1. The smallest absolute Gasteiger partial charge is 0.0931 e. The third kappa shape index (κ3) is 3.37. The second-order valence-electron chi connectivity index (χ2n) is 5.91. The first kappa shape index (κ1) is 14.5. The molecule has 1 aliphatic rings. The molecule has 0 aliphatic carbocycles. The molecule has 0 amide bonds. The summed E-state index contributed by atoms with van der Waals surface area (Å²) in [6.45, 7) is 7.65. The van der Waals surface area contributed by atoms with Gasteiger partial charge in [-0.2, -0.15) is 0 Å². The molecule has 0 spiro atoms. The zero-order chi connectivity index (χ0) is 13.7. The number of nitrogens with zero attached hydrogens (tertiary/aromatic N) is 1. The van der Waals surface area contributed by atoms with Crippen LogP contribution < -0.4 is 0 Å². The predicted molar refractivity (Wildman–Crippen MR) is 80.1 cm³/mol. The quantitative estimate of drug-likeness (QED) is 0.878. The van der Waals surface area contributed by atoms with Crippen LogP contribution in [0.4, 0.5) is 0 Å². The monoisotopic (exact) mass is 261 g/mol. The summed E-state index contributed by atoms with van der Waals surface area (Å²) in [7, 11) is 0. The Bertz CT molecular complexity index is 372. The SMILES string of the molecule is CC[C@@](O)(c1ccccc1)[C@@H](C)CN1CCCCC1. The lowest BCUT2D eigenvalue weighted by Gasteiger charge is -2.38. The fourth-order valence-corrected chi connectivity index (χ4v) is 3.24. The molecule has 2 atom stereocenters. The third-order valence-corrected chi connectivity index (χ3v) is 4.61. The molecule has 1 heterocycles. The Morgan fingerprint density at radius 1 is 1.16 bits per heavy atom. The van der Waals surface area contributed by atoms with Crippen LogP contribution in [0, 0.1) is 5.92 Å². The van der Waals surface area contributed by atoms with Crippen molar-refractivity contribution in [1.82, 2.24) is 4.90 Å². The van der Waals surface area contributed by atoms with E-state index < -0.39 is 5.60 Å². The van der Waals surface area contributed by atoms with Crippen LogP contribution in [0.5, 0.6) is 0 Å². The summed E-state index contributed by atoms with van der Waals surface area (Å²) >= 11 is 0. The van der Waals surface area contributed by atoms with E-state index in [1.165, 1.54) is 32.4 Å². The maximum absolute atomic E-state index is 11.1. The maximum atomic E-state index is 11.1. The second kappa shape index (κ2) is 6.53. The van der Waals surface area contributed by atoms with Gasteiger partial charge in [0.2, 0.25) is 0 Å². The van der Waals surface area contributed by atoms with E-state index in [0.29, 0.717) is 0 Å². The lowest BCUT2D eigenvalue weighted by molar-refractivity contribution is -0.0351. The molecule has 2 rings (SSSR count). The first-order valence-electron chi connectivity index (χ1n) is 7.67. The molecule has 1 aromatic rings. The first-order valence-corrected chi connectivity index (χ1v) is 7.67. The number of hydrogen-bond donors (Lipinski definition) is 1. The van der Waals surface area contributed by atoms with Crippen LogP contribution in [-0.4, -0.2) is 29.6 Å². The average Bonchev–Trinajstić information content (AvgIpc) is 2.48. The molecule has 1 saturated heterocycles. The number of benzene rings is 1. The molecular formula is C17H27NO. The minimum Gasteiger partial charge on any atom is -0.385 e. The molecule has 0 bridgehead atoms. The minimum absolute atomic E-state index is 0.262. The van der Waals surface area contributed by atoms with Crippen LogP contribution in [0.15, 0.2) is 30.3 Å². The van der Waals surface area contributed by atoms with Crippen molar-refractivity contribution in [2.75, 3.05) is 19.6 Å². The van der Waals surface area contributed by atoms with Crippen molar-refractivity contribution in [3.63, 3.8) is 0 Å². The van der Waals surface area contributed by atoms with E-state index in [1.807, 2.05) is 18.2 Å². The summed E-state index contributed by atoms with van der Waals surface area (Å²) in [6.07, 6.45) is 4.75. The van der Waals surface area contributed by atoms with Crippen molar-refractivity contribution in [3.05, 3.63) is 35.9 Å². The van der Waals surface area contributed by atoms with Gasteiger partial charge in [0.1, 0.15) is 0 Å². The normalized spacial score (nSPS) is 21.8. The van der Waals surface area contributed by atoms with E-state index in [-0.39, 0.29) is 5.92 Å². The topological polar surface area (TPSA) is 23.5 Å². The highest BCUT2D eigenvalue weighted by atomic mass is 16.3. The van der Waals surface area contributed by atoms with Gasteiger partial charge >= 0.3 is 0 Å². The van der Waals surface area contributed by atoms with E-state index in [4.69, 9.17) is 0 Å². The zero-order valence-electron chi connectivity index (χ0n) is 12.3. The van der Waals surface area contributed by atoms with Crippen LogP contribution >= 0.6 is 0 Å². The molecule has 106 valence electrons. The molecule has 1 aliphatic heterocycles. The van der Waals surface area contributed by atoms with Crippen molar-refractivity contribution in [1.29, 1.82) is 0 Å². The van der Waals surface area contributed by atoms with E-state index in [2.05, 4.69) is 30.9 Å². The lowest BCUT2D eigenvalue weighted by atomic mass is 9.80. The molecule has 0 aromatic heterocycles. The van der Waals surface area contributed by atoms with Gasteiger partial charge in [0.15, 0.2) is 0 Å². The van der Waals surface area contributed by atoms with Gasteiger partial charge in [0.05, 0.1) is 5.60 Å². The molecule has 0 unspecified atom stereocenters. The Morgan fingerprint density at radius 3 is 2.37 bits per heavy atom. The van der Waals surface area contributed by atoms with Gasteiger partial charge in [-0.1, -0.05) is 50.6 Å². The summed E-state index contributed by atoms with van der Waals surface area (Å²) in [4.78, 5) is 2.51. The highest BCUT2D eigenvalue weighted by Gasteiger charge is 2.34. The van der Waals surface area contributed by atoms with Crippen LogP contribution in [0.3, 0.4) is 0 Å². The maximum Gasteiger partial charge on any atom is 0.0931 e. The molecule has 0 radical (unpaired) electrons. The van der Waals surface area contributed by atoms with Gasteiger partial charge in [-0.25, -0.2) is 0 Å². The number of hydrogen-bond acceptors (Lipinski definition) is 2. The Labute approximate surface area is 117 Å². The van der Waals surface area contributed by atoms with E-state index >= 15 is 0 Å². The van der Waals surface area contributed by atoms with E-state index in [0.717, 1.165) is 18.5 Å². The van der Waals surface area contributed by atoms with E-state index in [9.17, 15) is 5.11 Å². The average molecular weight is 261 g/mol. The van der Waals surface area contributed by atoms with Gasteiger partial charge in [-0.3, -0.25) is 0 Å². The molecule has 0 saturated carbocycles. The summed E-state index contributed by atoms with van der Waals surface area (Å²) in [5.74, 6) is 0.262. The van der Waals surface area contributed by atoms with Crippen molar-refractivity contribution in [2.24, 2.45) is 5.92 Å². The first-order chi connectivity index (χ1) is 9.16. The number of rotatable bonds is 5. The Morgan fingerprint density at radius 2 is 1.79 bits per heavy atom. The zero-order valence-corrected chi connectivity index (χ0v) is 12.3. The predicted octanol–water partition coefficient (Wildman–Crippen LogP) is 3.41. The van der Waals surface area contributed by atoms with Crippen molar-refractivity contribution in [2.45, 2.75) is 45.1 Å². The van der Waals surface area contributed by atoms with Gasteiger partial charge in [-0.15, -0.1) is 0 Å². The molecule has 2 nitrogen and oxygen atoms in total. The summed E-state index contributed by atoms with van der Waals surface area (Å²) < 4.78 is 0. The highest BCUT2D eigenvalue weighted by Crippen LogP contribution is 2.33. The third-order valence-electron chi connectivity index (χ3n) is 4.61. The summed E-state index contributed by atoms with van der Waals surface area (Å²) in [5.41, 5.74) is 0.362. The molecule has 19 heavy (non-hydrogen) atoms. The molecule has 2 heteroatoms. The number of aliphatic hydroxyl groups is 1. The molecule has 1 fully saturated rings. The summed E-state index contributed by atoms with van der Waals surface area (Å²) in [6, 6.07) is 10.1. The summed E-state index contributed by atoms with van der Waals surface area (Å²) in [5, 5.41) is 11.1. The Hall–Kier alpha value is -0.860. The molecule has 1 N–H and O–H groups in total. The molecule has 1 aromatic carbocycles. The fourth-order valence-electron chi connectivity index (χ4n) is 3.24. The largest absolute Gasteiger partial charge is 0.385 e. The highest BCUT2D eigenvalue weighted by molar-refractivity contribution is 5.23. The Kier molecular flexibility index (Phi) is 5.00. The lowest BCUT2D eigenvalue weighted by Crippen LogP contribution is -2.42. The standard InChI is InChI=1S/C17H27NO/c1-3-17(19,16-10-6-4-7-11-16)15(2)14-18-12-8-5-9-13-18/h4,6-7,10-11,15,19H,3,5,8-9,12-14H2,1-2H3/t15-,17-/m0/s1. The van der Waals surface area contributed by atoms with Gasteiger partial charge in [0, 0.05) is 12.5 Å². The van der Waals surface area contributed by atoms with Crippen LogP contribution in [-0.2, 0) is 5.60 Å². The van der Waals surface area contributed by atoms with Crippen LogP contribution in [0.25, 0.3) is 0 Å². The van der Waals surface area contributed by atoms with Crippen molar-refractivity contribution < 1.29 is 5.11 Å².